The number of carbonyl (C=O) groups is 1. The number of aromatic nitrogens is 2. The Labute approximate surface area is 142 Å². The van der Waals surface area contributed by atoms with Crippen LogP contribution in [0.25, 0.3) is 10.8 Å². The molecule has 3 rings (SSSR count). The topological polar surface area (TPSA) is 98.2 Å². The number of rotatable bonds is 4. The third kappa shape index (κ3) is 2.89. The van der Waals surface area contributed by atoms with Gasteiger partial charge in [-0.1, -0.05) is 48.0 Å². The van der Waals surface area contributed by atoms with Crippen LogP contribution in [0.4, 0.5) is 0 Å². The van der Waals surface area contributed by atoms with E-state index in [-0.39, 0.29) is 12.2 Å². The third-order valence-corrected chi connectivity index (χ3v) is 4.06. The standard InChI is InChI=1S/C17H14ClN3O3/c18-13-8-4-3-7-12(13)14(22)9-21-17(24)11-6-2-1-5-10(11)15(20-21)16(19)23/h1-8,14,22H,9H2,(H2,19,23). The minimum atomic E-state index is -1.05. The molecular weight excluding hydrogens is 330 g/mol. The molecule has 0 saturated carbocycles. The normalized spacial score (nSPS) is 12.2. The van der Waals surface area contributed by atoms with Gasteiger partial charge in [-0.2, -0.15) is 5.10 Å². The lowest BCUT2D eigenvalue weighted by Gasteiger charge is -2.15. The number of primary amides is 1. The first-order valence-corrected chi connectivity index (χ1v) is 7.59. The number of aliphatic hydroxyl groups is 1. The van der Waals surface area contributed by atoms with Crippen molar-refractivity contribution in [1.29, 1.82) is 0 Å². The summed E-state index contributed by atoms with van der Waals surface area (Å²) >= 11 is 6.06. The fourth-order valence-corrected chi connectivity index (χ4v) is 2.81. The van der Waals surface area contributed by atoms with Gasteiger partial charge in [-0.05, 0) is 12.1 Å². The zero-order chi connectivity index (χ0) is 17.3. The fourth-order valence-electron chi connectivity index (χ4n) is 2.55. The number of nitrogens with zero attached hydrogens (tertiary/aromatic N) is 2. The second-order valence-electron chi connectivity index (χ2n) is 5.28. The summed E-state index contributed by atoms with van der Waals surface area (Å²) < 4.78 is 1.04. The van der Waals surface area contributed by atoms with Crippen LogP contribution in [-0.2, 0) is 6.54 Å². The van der Waals surface area contributed by atoms with Gasteiger partial charge in [0.2, 0.25) is 0 Å². The molecule has 0 spiro atoms. The van der Waals surface area contributed by atoms with Crippen LogP contribution >= 0.6 is 11.6 Å². The van der Waals surface area contributed by atoms with Gasteiger partial charge in [-0.25, -0.2) is 4.68 Å². The van der Waals surface area contributed by atoms with E-state index in [1.807, 2.05) is 0 Å². The van der Waals surface area contributed by atoms with Crippen molar-refractivity contribution in [3.05, 3.63) is 75.2 Å². The number of carbonyl (C=O) groups excluding carboxylic acids is 1. The summed E-state index contributed by atoms with van der Waals surface area (Å²) in [5, 5.41) is 15.5. The molecule has 1 amide bonds. The summed E-state index contributed by atoms with van der Waals surface area (Å²) in [7, 11) is 0. The van der Waals surface area contributed by atoms with E-state index in [9.17, 15) is 14.7 Å². The number of nitrogens with two attached hydrogens (primary N) is 1. The number of aliphatic hydroxyl groups excluding tert-OH is 1. The van der Waals surface area contributed by atoms with Crippen LogP contribution in [0.2, 0.25) is 5.02 Å². The Morgan fingerprint density at radius 3 is 2.46 bits per heavy atom. The predicted octanol–water partition coefficient (Wildman–Crippen LogP) is 1.88. The van der Waals surface area contributed by atoms with Gasteiger partial charge in [0.25, 0.3) is 11.5 Å². The summed E-state index contributed by atoms with van der Waals surface area (Å²) in [6.45, 7) is -0.145. The maximum absolute atomic E-state index is 12.6. The van der Waals surface area contributed by atoms with Crippen LogP contribution in [-0.4, -0.2) is 20.8 Å². The molecule has 1 aromatic heterocycles. The molecule has 0 saturated heterocycles. The zero-order valence-corrected chi connectivity index (χ0v) is 13.3. The highest BCUT2D eigenvalue weighted by atomic mass is 35.5. The van der Waals surface area contributed by atoms with Crippen molar-refractivity contribution < 1.29 is 9.90 Å². The summed E-state index contributed by atoms with van der Waals surface area (Å²) in [5.74, 6) is -0.743. The van der Waals surface area contributed by atoms with E-state index >= 15 is 0 Å². The lowest BCUT2D eigenvalue weighted by atomic mass is 10.1. The van der Waals surface area contributed by atoms with E-state index < -0.39 is 17.6 Å². The summed E-state index contributed by atoms with van der Waals surface area (Å²) in [6, 6.07) is 13.4. The Balaban J connectivity index is 2.10. The molecule has 1 atom stereocenters. The SMILES string of the molecule is NC(=O)c1nn(CC(O)c2ccccc2Cl)c(=O)c2ccccc12. The molecule has 0 aliphatic carbocycles. The number of hydrogen-bond acceptors (Lipinski definition) is 4. The van der Waals surface area contributed by atoms with Gasteiger partial charge in [0, 0.05) is 16.0 Å². The van der Waals surface area contributed by atoms with Gasteiger partial charge in [0.15, 0.2) is 5.69 Å². The van der Waals surface area contributed by atoms with E-state index in [1.54, 1.807) is 48.5 Å². The molecule has 0 fully saturated rings. The molecule has 0 aliphatic rings. The van der Waals surface area contributed by atoms with Crippen molar-refractivity contribution in [3.8, 4) is 0 Å². The van der Waals surface area contributed by atoms with E-state index in [0.29, 0.717) is 21.4 Å². The summed E-state index contributed by atoms with van der Waals surface area (Å²) in [6.07, 6.45) is -1.05. The molecule has 0 aliphatic heterocycles. The molecule has 3 N–H and O–H groups in total. The molecule has 6 nitrogen and oxygen atoms in total. The Hall–Kier alpha value is -2.70. The zero-order valence-electron chi connectivity index (χ0n) is 12.5. The molecule has 24 heavy (non-hydrogen) atoms. The molecule has 2 aromatic carbocycles. The maximum atomic E-state index is 12.6. The molecular formula is C17H14ClN3O3. The number of benzene rings is 2. The van der Waals surface area contributed by atoms with Gasteiger partial charge < -0.3 is 10.8 Å². The van der Waals surface area contributed by atoms with Gasteiger partial charge >= 0.3 is 0 Å². The van der Waals surface area contributed by atoms with Crippen LogP contribution in [0.5, 0.6) is 0 Å². The number of halogens is 1. The first-order valence-electron chi connectivity index (χ1n) is 7.21. The Bertz CT molecular complexity index is 984. The van der Waals surface area contributed by atoms with Crippen LogP contribution in [0.15, 0.2) is 53.3 Å². The first kappa shape index (κ1) is 16.2. The lowest BCUT2D eigenvalue weighted by Crippen LogP contribution is -2.29. The fraction of sp³-hybridized carbons (Fsp3) is 0.118. The van der Waals surface area contributed by atoms with Crippen molar-refractivity contribution in [2.75, 3.05) is 0 Å². The number of amides is 1. The predicted molar refractivity (Wildman–Crippen MR) is 90.9 cm³/mol. The summed E-state index contributed by atoms with van der Waals surface area (Å²) in [5.41, 5.74) is 5.41. The van der Waals surface area contributed by atoms with Gasteiger partial charge in [-0.15, -0.1) is 0 Å². The number of fused-ring (bicyclic) bond motifs is 1. The van der Waals surface area contributed by atoms with E-state index in [4.69, 9.17) is 17.3 Å². The maximum Gasteiger partial charge on any atom is 0.274 e. The second kappa shape index (κ2) is 6.43. The molecule has 0 bridgehead atoms. The quantitative estimate of drug-likeness (QED) is 0.755. The monoisotopic (exact) mass is 343 g/mol. The van der Waals surface area contributed by atoms with Gasteiger partial charge in [0.05, 0.1) is 11.9 Å². The Morgan fingerprint density at radius 2 is 1.79 bits per heavy atom. The largest absolute Gasteiger partial charge is 0.386 e. The van der Waals surface area contributed by atoms with Crippen molar-refractivity contribution in [1.82, 2.24) is 9.78 Å². The van der Waals surface area contributed by atoms with Crippen LogP contribution in [0.1, 0.15) is 22.2 Å². The molecule has 0 radical (unpaired) electrons. The molecule has 1 unspecified atom stereocenters. The average molecular weight is 344 g/mol. The van der Waals surface area contributed by atoms with E-state index in [0.717, 1.165) is 4.68 Å². The highest BCUT2D eigenvalue weighted by molar-refractivity contribution is 6.31. The van der Waals surface area contributed by atoms with Crippen molar-refractivity contribution in [3.63, 3.8) is 0 Å². The third-order valence-electron chi connectivity index (χ3n) is 3.71. The highest BCUT2D eigenvalue weighted by Crippen LogP contribution is 2.23. The number of hydrogen-bond donors (Lipinski definition) is 2. The molecule has 1 heterocycles. The first-order chi connectivity index (χ1) is 11.5. The van der Waals surface area contributed by atoms with Crippen LogP contribution in [0.3, 0.4) is 0 Å². The smallest absolute Gasteiger partial charge is 0.274 e. The van der Waals surface area contributed by atoms with Crippen LogP contribution in [0, 0.1) is 0 Å². The van der Waals surface area contributed by atoms with Crippen molar-refractivity contribution >= 4 is 28.3 Å². The summed E-state index contributed by atoms with van der Waals surface area (Å²) in [4.78, 5) is 24.2. The average Bonchev–Trinajstić information content (AvgIpc) is 2.57. The highest BCUT2D eigenvalue weighted by Gasteiger charge is 2.18. The molecule has 3 aromatic rings. The van der Waals surface area contributed by atoms with E-state index in [1.165, 1.54) is 0 Å². The van der Waals surface area contributed by atoms with Crippen LogP contribution < -0.4 is 11.3 Å². The van der Waals surface area contributed by atoms with Gasteiger partial charge in [0.1, 0.15) is 6.10 Å². The minimum absolute atomic E-state index is 0.0171. The Morgan fingerprint density at radius 1 is 1.17 bits per heavy atom. The van der Waals surface area contributed by atoms with Crippen molar-refractivity contribution in [2.24, 2.45) is 5.73 Å². The molecule has 7 heteroatoms. The Kier molecular flexibility index (Phi) is 4.33. The van der Waals surface area contributed by atoms with E-state index in [2.05, 4.69) is 5.10 Å². The second-order valence-corrected chi connectivity index (χ2v) is 5.69. The molecule has 122 valence electrons. The minimum Gasteiger partial charge on any atom is -0.386 e. The van der Waals surface area contributed by atoms with Crippen molar-refractivity contribution in [2.45, 2.75) is 12.6 Å². The lowest BCUT2D eigenvalue weighted by molar-refractivity contribution is 0.0992. The van der Waals surface area contributed by atoms with Gasteiger partial charge in [-0.3, -0.25) is 9.59 Å².